The molecule has 3 rings (SSSR count). The number of alkyl halides is 1. The lowest BCUT2D eigenvalue weighted by atomic mass is 9.70. The highest BCUT2D eigenvalue weighted by atomic mass is 79.9. The zero-order chi connectivity index (χ0) is 13.3. The highest BCUT2D eigenvalue weighted by molar-refractivity contribution is 9.09. The van der Waals surface area contributed by atoms with E-state index in [0.29, 0.717) is 5.41 Å². The number of hydrogen-bond donors (Lipinski definition) is 0. The second-order valence-electron chi connectivity index (χ2n) is 5.97. The van der Waals surface area contributed by atoms with Gasteiger partial charge in [0.15, 0.2) is 0 Å². The summed E-state index contributed by atoms with van der Waals surface area (Å²) in [5, 5.41) is 1.02. The van der Waals surface area contributed by atoms with Gasteiger partial charge in [-0.1, -0.05) is 40.5 Å². The third-order valence-corrected chi connectivity index (χ3v) is 5.82. The van der Waals surface area contributed by atoms with Crippen LogP contribution in [0, 0.1) is 5.41 Å². The molecule has 1 aromatic rings. The predicted molar refractivity (Wildman–Crippen MR) is 80.7 cm³/mol. The Bertz CT molecular complexity index is 476. The third-order valence-electron chi connectivity index (χ3n) is 4.63. The fourth-order valence-corrected chi connectivity index (χ4v) is 3.98. The summed E-state index contributed by atoms with van der Waals surface area (Å²) in [7, 11) is 0. The van der Waals surface area contributed by atoms with Crippen molar-refractivity contribution in [2.75, 3.05) is 18.4 Å². The van der Waals surface area contributed by atoms with Crippen LogP contribution in [0.4, 0.5) is 0 Å². The van der Waals surface area contributed by atoms with Gasteiger partial charge in [-0.3, -0.25) is 4.79 Å². The number of fused-ring (bicyclic) bond motifs is 1. The molecule has 1 amide bonds. The number of nitrogens with zero attached hydrogens (tertiary/aromatic N) is 1. The van der Waals surface area contributed by atoms with E-state index in [9.17, 15) is 4.79 Å². The number of benzene rings is 1. The number of rotatable bonds is 3. The molecule has 0 atom stereocenters. The van der Waals surface area contributed by atoms with E-state index >= 15 is 0 Å². The van der Waals surface area contributed by atoms with Crippen molar-refractivity contribution in [2.45, 2.75) is 32.1 Å². The first kappa shape index (κ1) is 13.2. The number of amides is 1. The first-order valence-electron chi connectivity index (χ1n) is 7.17. The van der Waals surface area contributed by atoms with Crippen molar-refractivity contribution in [3.05, 3.63) is 35.4 Å². The van der Waals surface area contributed by atoms with Gasteiger partial charge in [-0.05, 0) is 42.7 Å². The lowest BCUT2D eigenvalue weighted by Crippen LogP contribution is -2.46. The normalized spacial score (nSPS) is 21.5. The zero-order valence-corrected chi connectivity index (χ0v) is 12.8. The van der Waals surface area contributed by atoms with Gasteiger partial charge in [-0.2, -0.15) is 0 Å². The lowest BCUT2D eigenvalue weighted by Gasteiger charge is -2.43. The summed E-state index contributed by atoms with van der Waals surface area (Å²) >= 11 is 3.64. The van der Waals surface area contributed by atoms with Crippen LogP contribution in [0.5, 0.6) is 0 Å². The van der Waals surface area contributed by atoms with E-state index < -0.39 is 0 Å². The molecular formula is C16H20BrNO. The Morgan fingerprint density at radius 3 is 2.68 bits per heavy atom. The average molecular weight is 322 g/mol. The van der Waals surface area contributed by atoms with Crippen molar-refractivity contribution in [1.82, 2.24) is 4.90 Å². The molecule has 0 unspecified atom stereocenters. The quantitative estimate of drug-likeness (QED) is 0.778. The smallest absolute Gasteiger partial charge is 0.254 e. The molecule has 19 heavy (non-hydrogen) atoms. The number of carbonyl (C=O) groups is 1. The number of hydrogen-bond acceptors (Lipinski definition) is 1. The zero-order valence-electron chi connectivity index (χ0n) is 11.2. The van der Waals surface area contributed by atoms with Crippen LogP contribution < -0.4 is 0 Å². The van der Waals surface area contributed by atoms with Gasteiger partial charge in [0.1, 0.15) is 0 Å². The van der Waals surface area contributed by atoms with Crippen LogP contribution in [0.3, 0.4) is 0 Å². The first-order chi connectivity index (χ1) is 9.24. The highest BCUT2D eigenvalue weighted by Gasteiger charge is 2.39. The van der Waals surface area contributed by atoms with Gasteiger partial charge in [0.25, 0.3) is 5.91 Å². The molecule has 0 radical (unpaired) electrons. The van der Waals surface area contributed by atoms with Gasteiger partial charge in [0, 0.05) is 24.0 Å². The molecule has 1 aliphatic heterocycles. The van der Waals surface area contributed by atoms with Crippen molar-refractivity contribution >= 4 is 21.8 Å². The summed E-state index contributed by atoms with van der Waals surface area (Å²) in [6.45, 7) is 1.83. The molecule has 2 aliphatic rings. The molecule has 0 spiro atoms. The Labute approximate surface area is 123 Å². The minimum atomic E-state index is 0.236. The van der Waals surface area contributed by atoms with E-state index in [0.717, 1.165) is 36.8 Å². The summed E-state index contributed by atoms with van der Waals surface area (Å²) in [4.78, 5) is 14.8. The van der Waals surface area contributed by atoms with Crippen LogP contribution >= 0.6 is 15.9 Å². The molecule has 1 heterocycles. The maximum absolute atomic E-state index is 12.7. The SMILES string of the molecule is O=C1c2ccccc2CCCN1CC1(CBr)CCC1. The molecule has 3 heteroatoms. The molecule has 1 saturated carbocycles. The Kier molecular flexibility index (Phi) is 3.66. The molecule has 1 aromatic carbocycles. The predicted octanol–water partition coefficient (Wildman–Crippen LogP) is 3.64. The van der Waals surface area contributed by atoms with Crippen LogP contribution in [0.2, 0.25) is 0 Å². The summed E-state index contributed by atoms with van der Waals surface area (Å²) in [5.74, 6) is 0.236. The number of carbonyl (C=O) groups excluding carboxylic acids is 1. The maximum atomic E-state index is 12.7. The van der Waals surface area contributed by atoms with E-state index in [-0.39, 0.29) is 5.91 Å². The van der Waals surface area contributed by atoms with Crippen LogP contribution in [0.1, 0.15) is 41.6 Å². The van der Waals surface area contributed by atoms with Crippen molar-refractivity contribution in [3.8, 4) is 0 Å². The van der Waals surface area contributed by atoms with Crippen LogP contribution in [-0.2, 0) is 6.42 Å². The van der Waals surface area contributed by atoms with E-state index in [1.807, 2.05) is 18.2 Å². The Morgan fingerprint density at radius 2 is 2.00 bits per heavy atom. The van der Waals surface area contributed by atoms with Crippen molar-refractivity contribution in [2.24, 2.45) is 5.41 Å². The molecule has 0 bridgehead atoms. The van der Waals surface area contributed by atoms with Crippen LogP contribution in [0.25, 0.3) is 0 Å². The molecule has 1 fully saturated rings. The topological polar surface area (TPSA) is 20.3 Å². The van der Waals surface area contributed by atoms with Gasteiger partial charge in [-0.25, -0.2) is 0 Å². The second kappa shape index (κ2) is 5.28. The van der Waals surface area contributed by atoms with Gasteiger partial charge in [0.2, 0.25) is 0 Å². The standard InChI is InChI=1S/C16H20BrNO/c17-11-16(8-4-9-16)12-18-10-3-6-13-5-1-2-7-14(13)15(18)19/h1-2,5,7H,3-4,6,8-12H2. The molecule has 1 aliphatic carbocycles. The maximum Gasteiger partial charge on any atom is 0.254 e. The van der Waals surface area contributed by atoms with Crippen LogP contribution in [-0.4, -0.2) is 29.2 Å². The van der Waals surface area contributed by atoms with Gasteiger partial charge >= 0.3 is 0 Å². The van der Waals surface area contributed by atoms with E-state index in [1.54, 1.807) is 0 Å². The molecule has 102 valence electrons. The second-order valence-corrected chi connectivity index (χ2v) is 6.54. The fourth-order valence-electron chi connectivity index (χ4n) is 3.25. The molecule has 2 nitrogen and oxygen atoms in total. The number of halogens is 1. The summed E-state index contributed by atoms with van der Waals surface area (Å²) in [6, 6.07) is 8.09. The van der Waals surface area contributed by atoms with E-state index in [4.69, 9.17) is 0 Å². The fraction of sp³-hybridized carbons (Fsp3) is 0.562. The Balaban J connectivity index is 1.82. The largest absolute Gasteiger partial charge is 0.338 e. The molecular weight excluding hydrogens is 302 g/mol. The lowest BCUT2D eigenvalue weighted by molar-refractivity contribution is 0.0556. The first-order valence-corrected chi connectivity index (χ1v) is 8.29. The molecule has 0 N–H and O–H groups in total. The Morgan fingerprint density at radius 1 is 1.21 bits per heavy atom. The van der Waals surface area contributed by atoms with Gasteiger partial charge < -0.3 is 4.90 Å². The van der Waals surface area contributed by atoms with Crippen molar-refractivity contribution < 1.29 is 4.79 Å². The van der Waals surface area contributed by atoms with E-state index in [2.05, 4.69) is 26.9 Å². The van der Waals surface area contributed by atoms with Crippen LogP contribution in [0.15, 0.2) is 24.3 Å². The monoisotopic (exact) mass is 321 g/mol. The van der Waals surface area contributed by atoms with Gasteiger partial charge in [-0.15, -0.1) is 0 Å². The minimum absolute atomic E-state index is 0.236. The summed E-state index contributed by atoms with van der Waals surface area (Å²) in [5.41, 5.74) is 2.48. The minimum Gasteiger partial charge on any atom is -0.338 e. The molecule has 0 saturated heterocycles. The average Bonchev–Trinajstić information content (AvgIpc) is 2.55. The van der Waals surface area contributed by atoms with E-state index in [1.165, 1.54) is 24.8 Å². The van der Waals surface area contributed by atoms with Crippen molar-refractivity contribution in [1.29, 1.82) is 0 Å². The summed E-state index contributed by atoms with van der Waals surface area (Å²) in [6.07, 6.45) is 5.93. The third kappa shape index (κ3) is 2.45. The summed E-state index contributed by atoms with van der Waals surface area (Å²) < 4.78 is 0. The number of aryl methyl sites for hydroxylation is 1. The van der Waals surface area contributed by atoms with Gasteiger partial charge in [0.05, 0.1) is 0 Å². The molecule has 0 aromatic heterocycles. The van der Waals surface area contributed by atoms with Crippen molar-refractivity contribution in [3.63, 3.8) is 0 Å². The highest BCUT2D eigenvalue weighted by Crippen LogP contribution is 2.43. The Hall–Kier alpha value is -0.830.